The van der Waals surface area contributed by atoms with Crippen LogP contribution in [0.5, 0.6) is 0 Å². The molecule has 172 valence electrons. The number of ether oxygens (including phenoxy) is 1. The lowest BCUT2D eigenvalue weighted by Crippen LogP contribution is -2.29. The highest BCUT2D eigenvalue weighted by molar-refractivity contribution is 6.37. The van der Waals surface area contributed by atoms with Gasteiger partial charge in [-0.1, -0.05) is 24.3 Å². The summed E-state index contributed by atoms with van der Waals surface area (Å²) >= 11 is 0. The molecule has 35 heavy (non-hydrogen) atoms. The number of hydrogen-bond acceptors (Lipinski definition) is 6. The molecule has 0 fully saturated rings. The Bertz CT molecular complexity index is 1550. The summed E-state index contributed by atoms with van der Waals surface area (Å²) in [6, 6.07) is 17.8. The maximum absolute atomic E-state index is 13.3. The number of para-hydroxylation sites is 1. The monoisotopic (exact) mass is 468 g/mol. The molecule has 2 heterocycles. The van der Waals surface area contributed by atoms with Gasteiger partial charge in [0.2, 0.25) is 0 Å². The number of ketones is 1. The van der Waals surface area contributed by atoms with Crippen LogP contribution in [-0.4, -0.2) is 35.2 Å². The van der Waals surface area contributed by atoms with Gasteiger partial charge in [0.15, 0.2) is 12.4 Å². The molecule has 0 aliphatic carbocycles. The van der Waals surface area contributed by atoms with Crippen LogP contribution in [0.2, 0.25) is 0 Å². The number of carbonyl (C=O) groups is 4. The molecule has 7 nitrogen and oxygen atoms in total. The molecule has 0 saturated heterocycles. The fourth-order valence-electron chi connectivity index (χ4n) is 4.07. The molecule has 1 aliphatic heterocycles. The van der Waals surface area contributed by atoms with Crippen molar-refractivity contribution in [3.8, 4) is 0 Å². The molecule has 1 aromatic heterocycles. The molecule has 0 saturated carbocycles. The van der Waals surface area contributed by atoms with Gasteiger partial charge in [-0.3, -0.25) is 19.4 Å². The van der Waals surface area contributed by atoms with Gasteiger partial charge in [0.1, 0.15) is 5.82 Å². The van der Waals surface area contributed by atoms with E-state index in [1.165, 1.54) is 36.4 Å². The van der Waals surface area contributed by atoms with E-state index in [1.54, 1.807) is 31.2 Å². The van der Waals surface area contributed by atoms with Crippen molar-refractivity contribution in [2.75, 3.05) is 11.5 Å². The molecule has 4 aromatic rings. The predicted molar refractivity (Wildman–Crippen MR) is 125 cm³/mol. The van der Waals surface area contributed by atoms with Crippen LogP contribution in [0.4, 0.5) is 10.1 Å². The van der Waals surface area contributed by atoms with Crippen molar-refractivity contribution in [1.82, 2.24) is 4.98 Å². The van der Waals surface area contributed by atoms with Crippen LogP contribution in [0.25, 0.3) is 10.9 Å². The van der Waals surface area contributed by atoms with Gasteiger partial charge in [-0.25, -0.2) is 14.1 Å². The third kappa shape index (κ3) is 3.85. The molecular formula is C27H17FN2O5. The molecule has 0 spiro atoms. The van der Waals surface area contributed by atoms with Crippen molar-refractivity contribution in [3.63, 3.8) is 0 Å². The molecule has 3 aromatic carbocycles. The Kier molecular flexibility index (Phi) is 5.41. The lowest BCUT2D eigenvalue weighted by Gasteiger charge is -2.15. The van der Waals surface area contributed by atoms with E-state index >= 15 is 0 Å². The van der Waals surface area contributed by atoms with E-state index < -0.39 is 36.0 Å². The Morgan fingerprint density at radius 3 is 2.37 bits per heavy atom. The van der Waals surface area contributed by atoms with Crippen LogP contribution >= 0.6 is 0 Å². The average Bonchev–Trinajstić information content (AvgIpc) is 3.13. The second-order valence-corrected chi connectivity index (χ2v) is 7.97. The first-order valence-electron chi connectivity index (χ1n) is 10.7. The summed E-state index contributed by atoms with van der Waals surface area (Å²) in [5.41, 5.74) is 2.01. The fourth-order valence-corrected chi connectivity index (χ4v) is 4.07. The zero-order valence-corrected chi connectivity index (χ0v) is 18.4. The standard InChI is InChI=1S/C27H17FN2O5/c1-15-23-24(20-7-2-3-8-21(20)29-15)26(33)30(25(23)32)19-6-4-5-17(13-19)27(34)35-14-22(31)16-9-11-18(28)12-10-16/h2-13H,14H2,1H3. The number of benzene rings is 3. The second-order valence-electron chi connectivity index (χ2n) is 7.97. The number of aryl methyl sites for hydroxylation is 1. The first-order chi connectivity index (χ1) is 16.8. The third-order valence-electron chi connectivity index (χ3n) is 5.75. The number of rotatable bonds is 5. The van der Waals surface area contributed by atoms with E-state index in [-0.39, 0.29) is 27.9 Å². The number of hydrogen-bond donors (Lipinski definition) is 0. The lowest BCUT2D eigenvalue weighted by molar-refractivity contribution is 0.0474. The highest BCUT2D eigenvalue weighted by Gasteiger charge is 2.40. The van der Waals surface area contributed by atoms with Crippen LogP contribution < -0.4 is 4.90 Å². The van der Waals surface area contributed by atoms with Crippen LogP contribution in [0.3, 0.4) is 0 Å². The quantitative estimate of drug-likeness (QED) is 0.243. The largest absolute Gasteiger partial charge is 0.454 e. The summed E-state index contributed by atoms with van der Waals surface area (Å²) in [7, 11) is 0. The number of esters is 1. The van der Waals surface area contributed by atoms with Crippen molar-refractivity contribution in [2.45, 2.75) is 6.92 Å². The summed E-state index contributed by atoms with van der Waals surface area (Å²) in [5.74, 6) is -2.82. The van der Waals surface area contributed by atoms with E-state index in [0.29, 0.717) is 16.6 Å². The fraction of sp³-hybridized carbons (Fsp3) is 0.0741. The van der Waals surface area contributed by atoms with Gasteiger partial charge in [-0.05, 0) is 55.5 Å². The normalized spacial score (nSPS) is 12.7. The van der Waals surface area contributed by atoms with Gasteiger partial charge in [-0.15, -0.1) is 0 Å². The first kappa shape index (κ1) is 22.1. The number of aromatic nitrogens is 1. The first-order valence-corrected chi connectivity index (χ1v) is 10.7. The van der Waals surface area contributed by atoms with Crippen molar-refractivity contribution in [1.29, 1.82) is 0 Å². The van der Waals surface area contributed by atoms with E-state index in [1.807, 2.05) is 0 Å². The van der Waals surface area contributed by atoms with Gasteiger partial charge in [0, 0.05) is 10.9 Å². The number of fused-ring (bicyclic) bond motifs is 3. The Morgan fingerprint density at radius 1 is 0.886 bits per heavy atom. The van der Waals surface area contributed by atoms with E-state index in [2.05, 4.69) is 4.98 Å². The summed E-state index contributed by atoms with van der Waals surface area (Å²) in [6.07, 6.45) is 0. The van der Waals surface area contributed by atoms with Gasteiger partial charge in [-0.2, -0.15) is 0 Å². The van der Waals surface area contributed by atoms with E-state index in [0.717, 1.165) is 17.0 Å². The van der Waals surface area contributed by atoms with Crippen molar-refractivity contribution < 1.29 is 28.3 Å². The maximum Gasteiger partial charge on any atom is 0.338 e. The smallest absolute Gasteiger partial charge is 0.338 e. The molecule has 0 radical (unpaired) electrons. The third-order valence-corrected chi connectivity index (χ3v) is 5.75. The minimum atomic E-state index is -0.804. The van der Waals surface area contributed by atoms with Crippen LogP contribution in [-0.2, 0) is 4.74 Å². The number of halogens is 1. The SMILES string of the molecule is Cc1nc2ccccc2c2c1C(=O)N(c1cccc(C(=O)OCC(=O)c3ccc(F)cc3)c1)C2=O. The Labute approximate surface area is 198 Å². The lowest BCUT2D eigenvalue weighted by atomic mass is 10.0. The summed E-state index contributed by atoms with van der Waals surface area (Å²) in [4.78, 5) is 56.8. The second kappa shape index (κ2) is 8.57. The molecular weight excluding hydrogens is 451 g/mol. The average molecular weight is 468 g/mol. The number of imide groups is 1. The zero-order chi connectivity index (χ0) is 24.7. The topological polar surface area (TPSA) is 93.6 Å². The highest BCUT2D eigenvalue weighted by atomic mass is 19.1. The number of Topliss-reactive ketones (excluding diaryl/α,β-unsaturated/α-hetero) is 1. The molecule has 0 bridgehead atoms. The molecule has 0 atom stereocenters. The van der Waals surface area contributed by atoms with Crippen LogP contribution in [0, 0.1) is 12.7 Å². The van der Waals surface area contributed by atoms with Crippen molar-refractivity contribution >= 4 is 40.2 Å². The summed E-state index contributed by atoms with van der Waals surface area (Å²) < 4.78 is 18.1. The van der Waals surface area contributed by atoms with Crippen molar-refractivity contribution in [3.05, 3.63) is 107 Å². The van der Waals surface area contributed by atoms with Gasteiger partial charge < -0.3 is 4.74 Å². The number of pyridine rings is 1. The molecule has 2 amide bonds. The number of nitrogens with zero attached hydrogens (tertiary/aromatic N) is 2. The Hall–Kier alpha value is -4.72. The molecule has 8 heteroatoms. The summed E-state index contributed by atoms with van der Waals surface area (Å²) in [5, 5.41) is 0.573. The van der Waals surface area contributed by atoms with Gasteiger partial charge in [0.25, 0.3) is 11.8 Å². The van der Waals surface area contributed by atoms with E-state index in [4.69, 9.17) is 4.74 Å². The minimum Gasteiger partial charge on any atom is -0.454 e. The summed E-state index contributed by atoms with van der Waals surface area (Å²) in [6.45, 7) is 1.13. The number of carbonyl (C=O) groups excluding carboxylic acids is 4. The van der Waals surface area contributed by atoms with Crippen molar-refractivity contribution in [2.24, 2.45) is 0 Å². The minimum absolute atomic E-state index is 0.0608. The Balaban J connectivity index is 1.40. The molecule has 0 unspecified atom stereocenters. The van der Waals surface area contributed by atoms with Gasteiger partial charge >= 0.3 is 5.97 Å². The molecule has 1 aliphatic rings. The van der Waals surface area contributed by atoms with E-state index in [9.17, 15) is 23.6 Å². The Morgan fingerprint density at radius 2 is 1.60 bits per heavy atom. The number of amides is 2. The zero-order valence-electron chi connectivity index (χ0n) is 18.4. The maximum atomic E-state index is 13.3. The highest BCUT2D eigenvalue weighted by Crippen LogP contribution is 2.34. The van der Waals surface area contributed by atoms with Crippen LogP contribution in [0.1, 0.15) is 47.1 Å². The van der Waals surface area contributed by atoms with Crippen LogP contribution in [0.15, 0.2) is 72.8 Å². The number of anilines is 1. The molecule has 5 rings (SSSR count). The van der Waals surface area contributed by atoms with Gasteiger partial charge in [0.05, 0.1) is 33.6 Å². The molecule has 0 N–H and O–H groups in total. The predicted octanol–water partition coefficient (Wildman–Crippen LogP) is 4.52.